The third-order valence-electron chi connectivity index (χ3n) is 6.94. The van der Waals surface area contributed by atoms with E-state index in [1.54, 1.807) is 0 Å². The molecule has 142 valence electrons. The molecule has 1 aromatic rings. The molecule has 2 saturated carbocycles. The molecular formula is C22H31NO3. The average molecular weight is 357 g/mol. The normalized spacial score (nSPS) is 30.3. The molecule has 0 amide bonds. The molecule has 4 aliphatic rings. The van der Waals surface area contributed by atoms with E-state index in [1.807, 2.05) is 0 Å². The maximum Gasteiger partial charge on any atom is 0.251 e. The second-order valence-electron chi connectivity index (χ2n) is 8.64. The van der Waals surface area contributed by atoms with Gasteiger partial charge < -0.3 is 19.9 Å². The van der Waals surface area contributed by atoms with Crippen LogP contribution in [0.1, 0.15) is 81.4 Å². The summed E-state index contributed by atoms with van der Waals surface area (Å²) in [7, 11) is 0. The van der Waals surface area contributed by atoms with Gasteiger partial charge in [0, 0.05) is 31.4 Å². The number of fused-ring (bicyclic) bond motifs is 3. The van der Waals surface area contributed by atoms with Crippen molar-refractivity contribution in [2.24, 2.45) is 11.7 Å². The van der Waals surface area contributed by atoms with Crippen molar-refractivity contribution in [1.29, 1.82) is 0 Å². The maximum atomic E-state index is 6.54. The first-order valence-corrected chi connectivity index (χ1v) is 10.7. The molecule has 2 unspecified atom stereocenters. The van der Waals surface area contributed by atoms with Crippen LogP contribution < -0.4 is 15.2 Å². The van der Waals surface area contributed by atoms with Crippen molar-refractivity contribution < 1.29 is 14.2 Å². The van der Waals surface area contributed by atoms with E-state index >= 15 is 0 Å². The highest BCUT2D eigenvalue weighted by Gasteiger charge is 2.45. The van der Waals surface area contributed by atoms with Gasteiger partial charge in [0.05, 0.1) is 12.2 Å². The Hall–Kier alpha value is -1.26. The summed E-state index contributed by atoms with van der Waals surface area (Å²) in [4.78, 5) is 0. The lowest BCUT2D eigenvalue weighted by Crippen LogP contribution is -2.40. The van der Waals surface area contributed by atoms with Crippen molar-refractivity contribution in [2.45, 2.75) is 88.6 Å². The van der Waals surface area contributed by atoms with Crippen molar-refractivity contribution in [3.8, 4) is 11.5 Å². The van der Waals surface area contributed by atoms with Gasteiger partial charge >= 0.3 is 0 Å². The molecule has 2 aliphatic carbocycles. The Bertz CT molecular complexity index is 662. The number of nitrogens with two attached hydrogens (primary N) is 1. The Balaban J connectivity index is 1.47. The lowest BCUT2D eigenvalue weighted by atomic mass is 9.80. The maximum absolute atomic E-state index is 6.54. The van der Waals surface area contributed by atoms with Crippen LogP contribution in [-0.4, -0.2) is 18.4 Å². The molecule has 2 fully saturated rings. The van der Waals surface area contributed by atoms with Gasteiger partial charge in [0.2, 0.25) is 0 Å². The summed E-state index contributed by atoms with van der Waals surface area (Å²) < 4.78 is 19.4. The molecule has 1 spiro atoms. The van der Waals surface area contributed by atoms with Crippen LogP contribution in [0.15, 0.2) is 12.1 Å². The third kappa shape index (κ3) is 2.82. The van der Waals surface area contributed by atoms with Gasteiger partial charge in [-0.05, 0) is 43.2 Å². The van der Waals surface area contributed by atoms with E-state index in [9.17, 15) is 0 Å². The number of hydrogen-bond donors (Lipinski definition) is 1. The fourth-order valence-corrected chi connectivity index (χ4v) is 5.53. The SMILES string of the molecule is NCC1OC(C2CCCCC2)Cc2c1ccc1c2OC2(CCCCC2)O1. The van der Waals surface area contributed by atoms with Crippen LogP contribution in [0.2, 0.25) is 0 Å². The molecule has 26 heavy (non-hydrogen) atoms. The minimum Gasteiger partial charge on any atom is -0.448 e. The predicted octanol–water partition coefficient (Wildman–Crippen LogP) is 4.64. The Morgan fingerprint density at radius 1 is 0.962 bits per heavy atom. The monoisotopic (exact) mass is 357 g/mol. The molecule has 2 aliphatic heterocycles. The number of benzene rings is 1. The van der Waals surface area contributed by atoms with Gasteiger partial charge in [0.1, 0.15) is 0 Å². The summed E-state index contributed by atoms with van der Waals surface area (Å²) in [5, 5.41) is 0. The van der Waals surface area contributed by atoms with Crippen LogP contribution in [0.5, 0.6) is 11.5 Å². The zero-order valence-electron chi connectivity index (χ0n) is 15.7. The van der Waals surface area contributed by atoms with E-state index in [0.717, 1.165) is 30.8 Å². The predicted molar refractivity (Wildman–Crippen MR) is 100 cm³/mol. The van der Waals surface area contributed by atoms with Gasteiger partial charge in [0.25, 0.3) is 5.79 Å². The molecule has 0 bridgehead atoms. The van der Waals surface area contributed by atoms with Crippen LogP contribution in [0, 0.1) is 5.92 Å². The highest BCUT2D eigenvalue weighted by molar-refractivity contribution is 5.55. The molecule has 0 aromatic heterocycles. The van der Waals surface area contributed by atoms with E-state index < -0.39 is 5.79 Å². The molecule has 0 saturated heterocycles. The summed E-state index contributed by atoms with van der Waals surface area (Å²) in [6.07, 6.45) is 13.5. The fourth-order valence-electron chi connectivity index (χ4n) is 5.53. The number of hydrogen-bond acceptors (Lipinski definition) is 4. The van der Waals surface area contributed by atoms with Crippen molar-refractivity contribution in [3.63, 3.8) is 0 Å². The first-order chi connectivity index (χ1) is 12.8. The van der Waals surface area contributed by atoms with E-state index in [1.165, 1.54) is 62.5 Å². The summed E-state index contributed by atoms with van der Waals surface area (Å²) in [5.74, 6) is 2.18. The average Bonchev–Trinajstić information content (AvgIpc) is 3.06. The summed E-state index contributed by atoms with van der Waals surface area (Å²) in [6, 6.07) is 4.23. The number of ether oxygens (including phenoxy) is 3. The van der Waals surface area contributed by atoms with Crippen molar-refractivity contribution >= 4 is 0 Å². The zero-order valence-corrected chi connectivity index (χ0v) is 15.7. The van der Waals surface area contributed by atoms with Crippen molar-refractivity contribution in [1.82, 2.24) is 0 Å². The standard InChI is InChI=1S/C22H31NO3/c23-14-20-16-9-10-18-21(26-22(25-18)11-5-2-6-12-22)17(16)13-19(24-20)15-7-3-1-4-8-15/h9-10,15,19-20H,1-8,11-14,23H2. The molecule has 2 heterocycles. The first kappa shape index (κ1) is 16.9. The van der Waals surface area contributed by atoms with Gasteiger partial charge in [-0.3, -0.25) is 0 Å². The Morgan fingerprint density at radius 3 is 2.50 bits per heavy atom. The molecule has 1 aromatic carbocycles. The highest BCUT2D eigenvalue weighted by Crippen LogP contribution is 2.51. The van der Waals surface area contributed by atoms with Crippen LogP contribution in [0.25, 0.3) is 0 Å². The van der Waals surface area contributed by atoms with E-state index in [0.29, 0.717) is 12.5 Å². The number of rotatable bonds is 2. The van der Waals surface area contributed by atoms with E-state index in [2.05, 4.69) is 12.1 Å². The molecule has 4 nitrogen and oxygen atoms in total. The Kier molecular flexibility index (Phi) is 4.36. The lowest BCUT2D eigenvalue weighted by Gasteiger charge is -2.38. The highest BCUT2D eigenvalue weighted by atomic mass is 16.7. The van der Waals surface area contributed by atoms with Crippen LogP contribution >= 0.6 is 0 Å². The van der Waals surface area contributed by atoms with Crippen molar-refractivity contribution in [3.05, 3.63) is 23.3 Å². The second-order valence-corrected chi connectivity index (χ2v) is 8.64. The smallest absolute Gasteiger partial charge is 0.251 e. The Morgan fingerprint density at radius 2 is 1.73 bits per heavy atom. The quantitative estimate of drug-likeness (QED) is 0.838. The lowest BCUT2D eigenvalue weighted by molar-refractivity contribution is -0.106. The minimum absolute atomic E-state index is 0.0116. The van der Waals surface area contributed by atoms with E-state index in [4.69, 9.17) is 19.9 Å². The molecule has 4 heteroatoms. The summed E-state index contributed by atoms with van der Waals surface area (Å²) in [5.41, 5.74) is 8.62. The molecule has 5 rings (SSSR count). The van der Waals surface area contributed by atoms with Crippen LogP contribution in [0.4, 0.5) is 0 Å². The van der Waals surface area contributed by atoms with Gasteiger partial charge in [-0.15, -0.1) is 0 Å². The molecule has 2 N–H and O–H groups in total. The molecule has 0 radical (unpaired) electrons. The summed E-state index contributed by atoms with van der Waals surface area (Å²) >= 11 is 0. The third-order valence-corrected chi connectivity index (χ3v) is 6.94. The minimum atomic E-state index is -0.410. The van der Waals surface area contributed by atoms with Gasteiger partial charge in [-0.25, -0.2) is 0 Å². The van der Waals surface area contributed by atoms with Gasteiger partial charge in [0.15, 0.2) is 11.5 Å². The topological polar surface area (TPSA) is 53.7 Å². The zero-order chi connectivity index (χ0) is 17.6. The van der Waals surface area contributed by atoms with Gasteiger partial charge in [-0.2, -0.15) is 0 Å². The molecule has 2 atom stereocenters. The van der Waals surface area contributed by atoms with Crippen LogP contribution in [-0.2, 0) is 11.2 Å². The summed E-state index contributed by atoms with van der Waals surface area (Å²) in [6.45, 7) is 0.529. The van der Waals surface area contributed by atoms with Crippen LogP contribution in [0.3, 0.4) is 0 Å². The van der Waals surface area contributed by atoms with Gasteiger partial charge in [-0.1, -0.05) is 31.7 Å². The Labute approximate surface area is 156 Å². The fraction of sp³-hybridized carbons (Fsp3) is 0.727. The van der Waals surface area contributed by atoms with E-state index in [-0.39, 0.29) is 12.2 Å². The van der Waals surface area contributed by atoms with Crippen molar-refractivity contribution in [2.75, 3.05) is 6.54 Å². The second kappa shape index (κ2) is 6.72. The largest absolute Gasteiger partial charge is 0.448 e. The molecular weight excluding hydrogens is 326 g/mol. The first-order valence-electron chi connectivity index (χ1n) is 10.7.